The van der Waals surface area contributed by atoms with Gasteiger partial charge in [0.15, 0.2) is 10.6 Å². The number of imidazole rings is 1. The zero-order valence-corrected chi connectivity index (χ0v) is 11.9. The monoisotopic (exact) mass is 310 g/mol. The lowest BCUT2D eigenvalue weighted by Gasteiger charge is -2.10. The fraction of sp³-hybridized carbons (Fsp3) is 0.0714. The average molecular weight is 311 g/mol. The summed E-state index contributed by atoms with van der Waals surface area (Å²) in [5.41, 5.74) is 2.47. The number of benzene rings is 2. The fourth-order valence-corrected chi connectivity index (χ4v) is 2.86. The zero-order valence-electron chi connectivity index (χ0n) is 10.4. The number of fused-ring (bicyclic) bond motifs is 1. The molecule has 102 valence electrons. The molecule has 0 saturated heterocycles. The molecule has 0 aliphatic rings. The quantitative estimate of drug-likeness (QED) is 0.632. The molecular weight excluding hydrogens is 302 g/mol. The first-order valence-corrected chi connectivity index (χ1v) is 6.63. The summed E-state index contributed by atoms with van der Waals surface area (Å²) in [6.07, 6.45) is 0. The Morgan fingerprint density at radius 1 is 1.25 bits per heavy atom. The highest BCUT2D eigenvalue weighted by Gasteiger charge is 2.16. The van der Waals surface area contributed by atoms with E-state index in [1.807, 2.05) is 25.1 Å². The normalized spacial score (nSPS) is 11.2. The minimum atomic E-state index is -0.754. The molecule has 0 aliphatic carbocycles. The van der Waals surface area contributed by atoms with Crippen molar-refractivity contribution in [3.8, 4) is 5.69 Å². The molecular formula is C14H9ClF2N2S. The van der Waals surface area contributed by atoms with Gasteiger partial charge in [-0.25, -0.2) is 8.78 Å². The van der Waals surface area contributed by atoms with Crippen molar-refractivity contribution in [2.75, 3.05) is 0 Å². The molecule has 1 N–H and O–H groups in total. The number of halogens is 3. The summed E-state index contributed by atoms with van der Waals surface area (Å²) in [6, 6.07) is 7.45. The van der Waals surface area contributed by atoms with Crippen LogP contribution in [0.2, 0.25) is 5.02 Å². The zero-order chi connectivity index (χ0) is 14.4. The van der Waals surface area contributed by atoms with E-state index in [4.69, 9.17) is 23.8 Å². The summed E-state index contributed by atoms with van der Waals surface area (Å²) < 4.78 is 29.1. The van der Waals surface area contributed by atoms with Crippen LogP contribution in [0.4, 0.5) is 8.78 Å². The largest absolute Gasteiger partial charge is 0.330 e. The van der Waals surface area contributed by atoms with Crippen LogP contribution in [0.3, 0.4) is 0 Å². The van der Waals surface area contributed by atoms with E-state index < -0.39 is 11.6 Å². The summed E-state index contributed by atoms with van der Waals surface area (Å²) in [6.45, 7) is 1.89. The Morgan fingerprint density at radius 3 is 2.70 bits per heavy atom. The number of aryl methyl sites for hydroxylation is 1. The molecule has 0 unspecified atom stereocenters. The molecule has 0 bridgehead atoms. The predicted molar refractivity (Wildman–Crippen MR) is 78.1 cm³/mol. The Balaban J connectivity index is 2.48. The van der Waals surface area contributed by atoms with Crippen molar-refractivity contribution in [2.24, 2.45) is 0 Å². The van der Waals surface area contributed by atoms with E-state index in [0.29, 0.717) is 4.77 Å². The molecule has 0 amide bonds. The summed E-state index contributed by atoms with van der Waals surface area (Å²) in [5.74, 6) is -1.48. The van der Waals surface area contributed by atoms with Crippen molar-refractivity contribution < 1.29 is 8.78 Å². The highest BCUT2D eigenvalue weighted by molar-refractivity contribution is 7.71. The van der Waals surface area contributed by atoms with Crippen LogP contribution in [-0.2, 0) is 0 Å². The first kappa shape index (κ1) is 13.3. The number of aromatic amines is 1. The van der Waals surface area contributed by atoms with Crippen molar-refractivity contribution in [1.82, 2.24) is 9.55 Å². The third-order valence-electron chi connectivity index (χ3n) is 3.11. The fourth-order valence-electron chi connectivity index (χ4n) is 2.29. The lowest BCUT2D eigenvalue weighted by atomic mass is 10.2. The predicted octanol–water partition coefficient (Wildman–Crippen LogP) is 4.93. The van der Waals surface area contributed by atoms with E-state index in [9.17, 15) is 8.78 Å². The maximum atomic E-state index is 14.1. The summed E-state index contributed by atoms with van der Waals surface area (Å²) in [4.78, 5) is 2.99. The van der Waals surface area contributed by atoms with Gasteiger partial charge >= 0.3 is 0 Å². The van der Waals surface area contributed by atoms with Crippen LogP contribution in [0.1, 0.15) is 5.56 Å². The van der Waals surface area contributed by atoms with Gasteiger partial charge in [0.25, 0.3) is 0 Å². The van der Waals surface area contributed by atoms with Crippen LogP contribution in [-0.4, -0.2) is 9.55 Å². The molecule has 0 saturated carbocycles. The van der Waals surface area contributed by atoms with Crippen LogP contribution in [0, 0.1) is 23.3 Å². The van der Waals surface area contributed by atoms with E-state index >= 15 is 0 Å². The number of rotatable bonds is 1. The van der Waals surface area contributed by atoms with E-state index in [0.717, 1.165) is 28.7 Å². The first-order valence-electron chi connectivity index (χ1n) is 5.84. The second-order valence-corrected chi connectivity index (χ2v) is 5.25. The van der Waals surface area contributed by atoms with Gasteiger partial charge in [-0.05, 0) is 36.8 Å². The minimum Gasteiger partial charge on any atom is -0.330 e. The molecule has 0 radical (unpaired) electrons. The standard InChI is InChI=1S/C14H9ClF2N2S/c1-7-3-2-4-11-12(7)19(14(20)18-11)13-9(15)5-8(16)6-10(13)17/h2-6H,1H3,(H,18,20). The van der Waals surface area contributed by atoms with Crippen molar-refractivity contribution in [3.05, 3.63) is 57.3 Å². The van der Waals surface area contributed by atoms with Gasteiger partial charge in [0.2, 0.25) is 0 Å². The molecule has 3 aromatic rings. The van der Waals surface area contributed by atoms with Crippen LogP contribution in [0.15, 0.2) is 30.3 Å². The molecule has 0 atom stereocenters. The van der Waals surface area contributed by atoms with Gasteiger partial charge in [-0.2, -0.15) is 0 Å². The van der Waals surface area contributed by atoms with Crippen LogP contribution in [0.5, 0.6) is 0 Å². The van der Waals surface area contributed by atoms with Gasteiger partial charge in [-0.3, -0.25) is 4.57 Å². The lowest BCUT2D eigenvalue weighted by Crippen LogP contribution is -2.01. The van der Waals surface area contributed by atoms with Gasteiger partial charge in [-0.1, -0.05) is 23.7 Å². The molecule has 2 aromatic carbocycles. The second-order valence-electron chi connectivity index (χ2n) is 4.45. The molecule has 0 spiro atoms. The Hall–Kier alpha value is -1.72. The maximum absolute atomic E-state index is 14.1. The molecule has 1 aromatic heterocycles. The maximum Gasteiger partial charge on any atom is 0.182 e. The third kappa shape index (κ3) is 1.94. The summed E-state index contributed by atoms with van der Waals surface area (Å²) in [7, 11) is 0. The third-order valence-corrected chi connectivity index (χ3v) is 3.68. The molecule has 3 rings (SSSR count). The summed E-state index contributed by atoms with van der Waals surface area (Å²) >= 11 is 11.2. The Kier molecular flexibility index (Phi) is 3.11. The highest BCUT2D eigenvalue weighted by Crippen LogP contribution is 2.30. The number of aromatic nitrogens is 2. The number of hydrogen-bond acceptors (Lipinski definition) is 1. The summed E-state index contributed by atoms with van der Waals surface area (Å²) in [5, 5.41) is -0.0252. The molecule has 2 nitrogen and oxygen atoms in total. The van der Waals surface area contributed by atoms with Gasteiger partial charge in [-0.15, -0.1) is 0 Å². The smallest absolute Gasteiger partial charge is 0.182 e. The Bertz CT molecular complexity index is 859. The van der Waals surface area contributed by atoms with E-state index in [1.54, 1.807) is 0 Å². The number of nitrogens with one attached hydrogen (secondary N) is 1. The van der Waals surface area contributed by atoms with Crippen molar-refractivity contribution in [1.29, 1.82) is 0 Å². The average Bonchev–Trinajstić information content (AvgIpc) is 2.66. The van der Waals surface area contributed by atoms with Crippen LogP contribution >= 0.6 is 23.8 Å². The molecule has 6 heteroatoms. The van der Waals surface area contributed by atoms with Gasteiger partial charge in [0.1, 0.15) is 11.5 Å². The van der Waals surface area contributed by atoms with E-state index in [-0.39, 0.29) is 10.7 Å². The Morgan fingerprint density at radius 2 is 2.00 bits per heavy atom. The van der Waals surface area contributed by atoms with Crippen molar-refractivity contribution in [3.63, 3.8) is 0 Å². The van der Waals surface area contributed by atoms with Crippen LogP contribution in [0.25, 0.3) is 16.7 Å². The molecule has 20 heavy (non-hydrogen) atoms. The SMILES string of the molecule is Cc1cccc2[nH]c(=S)n(-c3c(F)cc(F)cc3Cl)c12. The number of nitrogens with zero attached hydrogens (tertiary/aromatic N) is 1. The highest BCUT2D eigenvalue weighted by atomic mass is 35.5. The number of H-pyrrole nitrogens is 1. The van der Waals surface area contributed by atoms with Gasteiger partial charge < -0.3 is 4.98 Å². The molecule has 1 heterocycles. The van der Waals surface area contributed by atoms with E-state index in [2.05, 4.69) is 4.98 Å². The number of hydrogen-bond donors (Lipinski definition) is 1. The van der Waals surface area contributed by atoms with Crippen molar-refractivity contribution >= 4 is 34.9 Å². The Labute approximate surface area is 123 Å². The first-order chi connectivity index (χ1) is 9.49. The second kappa shape index (κ2) is 4.68. The minimum absolute atomic E-state index is 0.0252. The molecule has 0 aliphatic heterocycles. The molecule has 0 fully saturated rings. The van der Waals surface area contributed by atoms with E-state index in [1.165, 1.54) is 4.57 Å². The lowest BCUT2D eigenvalue weighted by molar-refractivity contribution is 0.578. The van der Waals surface area contributed by atoms with Crippen molar-refractivity contribution in [2.45, 2.75) is 6.92 Å². The van der Waals surface area contributed by atoms with Gasteiger partial charge in [0.05, 0.1) is 16.1 Å². The number of para-hydroxylation sites is 1. The topological polar surface area (TPSA) is 20.7 Å². The van der Waals surface area contributed by atoms with Gasteiger partial charge in [0, 0.05) is 6.07 Å². The van der Waals surface area contributed by atoms with Crippen LogP contribution < -0.4 is 0 Å².